The van der Waals surface area contributed by atoms with Crippen LogP contribution in [0.1, 0.15) is 12.8 Å². The largest absolute Gasteiger partial charge is 0.550 e. The van der Waals surface area contributed by atoms with Gasteiger partial charge >= 0.3 is 0 Å². The van der Waals surface area contributed by atoms with Crippen LogP contribution in [-0.2, 0) is 14.4 Å². The Bertz CT molecular complexity index is 233. The molecule has 0 unspecified atom stereocenters. The molecule has 0 radical (unpaired) electrons. The first-order valence-electron chi connectivity index (χ1n) is 3.11. The zero-order valence-electron chi connectivity index (χ0n) is 10.8. The Morgan fingerprint density at radius 1 is 0.636 bits per heavy atom. The Morgan fingerprint density at radius 2 is 0.818 bits per heavy atom. The Labute approximate surface area is 122 Å². The lowest BCUT2D eigenvalue weighted by Gasteiger charge is -2.29. The van der Waals surface area contributed by atoms with Crippen molar-refractivity contribution in [1.82, 2.24) is 0 Å². The van der Waals surface area contributed by atoms with Crippen LogP contribution in [0.5, 0.6) is 0 Å². The molecule has 0 rings (SSSR count). The third-order valence-electron chi connectivity index (χ3n) is 1.25. The fraction of sp³-hybridized carbons (Fsp3) is 0.500. The van der Waals surface area contributed by atoms with Crippen molar-refractivity contribution in [3.8, 4) is 0 Å². The lowest BCUT2D eigenvalue weighted by Crippen LogP contribution is -2.54. The van der Waals surface area contributed by atoms with Gasteiger partial charge in [-0.3, -0.25) is 0 Å². The van der Waals surface area contributed by atoms with Crippen LogP contribution in [0.4, 0.5) is 0 Å². The number of carbonyl (C=O) groups is 3. The van der Waals surface area contributed by atoms with Gasteiger partial charge in [0.25, 0.3) is 0 Å². The third kappa shape index (κ3) is 26.5. The van der Waals surface area contributed by atoms with Crippen molar-refractivity contribution in [2.75, 3.05) is 0 Å². The molecule has 0 amide bonds. The molecule has 0 aromatic rings. The van der Waals surface area contributed by atoms with Gasteiger partial charge in [0, 0.05) is 24.8 Å². The quantitative estimate of drug-likeness (QED) is 0.497. The monoisotopic (exact) mass is 351 g/mol. The maximum absolute atomic E-state index is 10.1. The number of hydrogen-bond donors (Lipinski definition) is 1. The van der Waals surface area contributed by atoms with Gasteiger partial charge in [-0.05, 0) is 0 Å². The highest BCUT2D eigenvalue weighted by Gasteiger charge is 2.29. The Kier molecular flexibility index (Phi) is 89.8. The molecule has 0 saturated carbocycles. The summed E-state index contributed by atoms with van der Waals surface area (Å²) in [4.78, 5) is 30.0. The highest BCUT2D eigenvalue weighted by molar-refractivity contribution is 5.86. The molecule has 0 atom stereocenters. The van der Waals surface area contributed by atoms with Crippen LogP contribution in [0.2, 0.25) is 0 Å². The molecule has 0 bridgehead atoms. The maximum atomic E-state index is 10.1. The van der Waals surface area contributed by atoms with Crippen LogP contribution in [-0.4, -0.2) is 77.9 Å². The molecule has 0 saturated heterocycles. The van der Waals surface area contributed by atoms with E-state index >= 15 is 0 Å². The second kappa shape index (κ2) is 27.4. The van der Waals surface area contributed by atoms with Gasteiger partial charge < -0.3 is 84.1 Å². The predicted octanol–water partition coefficient (Wildman–Crippen LogP) is -12.7. The van der Waals surface area contributed by atoms with E-state index in [1.807, 2.05) is 0 Å². The molecule has 16 nitrogen and oxygen atoms in total. The van der Waals surface area contributed by atoms with Gasteiger partial charge in [0.15, 0.2) is 0 Å². The molecule has 0 aromatic heterocycles. The molecule has 146 valence electrons. The summed E-state index contributed by atoms with van der Waals surface area (Å²) in [5.41, 5.74) is -2.97. The summed E-state index contributed by atoms with van der Waals surface area (Å²) in [6, 6.07) is 0. The van der Waals surface area contributed by atoms with Crippen LogP contribution < -0.4 is 15.3 Å². The standard InChI is InChI=1S/C6H8O7.9H2O/c7-3(8)1-6(13,5(11)12)2-4(9)10;;;;;;;;;/h13H,1-2H2,(H,7,8)(H,9,10)(H,11,12);9*1H2/p-3. The third-order valence-corrected chi connectivity index (χ3v) is 1.25. The fourth-order valence-electron chi connectivity index (χ4n) is 0.684. The van der Waals surface area contributed by atoms with Crippen molar-refractivity contribution < 1.29 is 84.1 Å². The average Bonchev–Trinajstić information content (AvgIpc) is 1.82. The van der Waals surface area contributed by atoms with E-state index < -0.39 is 36.4 Å². The van der Waals surface area contributed by atoms with Gasteiger partial charge in [-0.2, -0.15) is 0 Å². The average molecular weight is 351 g/mol. The van der Waals surface area contributed by atoms with Crippen LogP contribution in [0.15, 0.2) is 0 Å². The summed E-state index contributed by atoms with van der Waals surface area (Å²) < 4.78 is 0. The van der Waals surface area contributed by atoms with Gasteiger partial charge in [-0.1, -0.05) is 0 Å². The van der Waals surface area contributed by atoms with Crippen molar-refractivity contribution in [2.45, 2.75) is 18.4 Å². The minimum Gasteiger partial charge on any atom is -0.550 e. The van der Waals surface area contributed by atoms with Gasteiger partial charge in [0.2, 0.25) is 0 Å². The number of hydrogen-bond acceptors (Lipinski definition) is 7. The number of carboxylic acid groups (broad SMARTS) is 3. The second-order valence-electron chi connectivity index (χ2n) is 2.42. The Morgan fingerprint density at radius 3 is 0.909 bits per heavy atom. The molecule has 0 fully saturated rings. The second-order valence-corrected chi connectivity index (χ2v) is 2.42. The van der Waals surface area contributed by atoms with Crippen molar-refractivity contribution in [2.24, 2.45) is 0 Å². The van der Waals surface area contributed by atoms with Gasteiger partial charge in [0.1, 0.15) is 5.60 Å². The Hall–Kier alpha value is -1.99. The summed E-state index contributed by atoms with van der Waals surface area (Å²) in [5, 5.41) is 38.9. The predicted molar refractivity (Wildman–Crippen MR) is 61.7 cm³/mol. The van der Waals surface area contributed by atoms with Crippen molar-refractivity contribution >= 4 is 17.9 Å². The summed E-state index contributed by atoms with van der Waals surface area (Å²) >= 11 is 0. The van der Waals surface area contributed by atoms with Crippen LogP contribution >= 0.6 is 0 Å². The highest BCUT2D eigenvalue weighted by atomic mass is 16.4. The van der Waals surface area contributed by atoms with Crippen LogP contribution in [0.3, 0.4) is 0 Å². The first-order chi connectivity index (χ1) is 5.78. The summed E-state index contributed by atoms with van der Waals surface area (Å²) in [5.74, 6) is -5.98. The Balaban J connectivity index is -0.0000000200. The molecule has 0 aliphatic rings. The molecular formula is C6H23O16-3. The van der Waals surface area contributed by atoms with Gasteiger partial charge in [-0.15, -0.1) is 0 Å². The molecule has 0 aromatic carbocycles. The summed E-state index contributed by atoms with van der Waals surface area (Å²) in [6.07, 6.45) is -2.72. The number of carboxylic acids is 3. The van der Waals surface area contributed by atoms with E-state index in [1.54, 1.807) is 0 Å². The number of aliphatic hydroxyl groups is 1. The van der Waals surface area contributed by atoms with E-state index in [0.717, 1.165) is 0 Å². The molecule has 0 aliphatic heterocycles. The SMILES string of the molecule is O.O.O.O.O.O.O.O.O.O=C([O-])CC(O)(CC(=O)[O-])C(=O)[O-]. The van der Waals surface area contributed by atoms with Crippen molar-refractivity contribution in [3.63, 3.8) is 0 Å². The molecule has 22 heavy (non-hydrogen) atoms. The number of rotatable bonds is 5. The van der Waals surface area contributed by atoms with E-state index in [9.17, 15) is 29.7 Å². The lowest BCUT2D eigenvalue weighted by atomic mass is 9.96. The van der Waals surface area contributed by atoms with Gasteiger partial charge in [0.05, 0.1) is 5.97 Å². The molecule has 0 heterocycles. The highest BCUT2D eigenvalue weighted by Crippen LogP contribution is 2.13. The zero-order chi connectivity index (χ0) is 10.6. The molecule has 0 spiro atoms. The molecule has 16 heteroatoms. The first kappa shape index (κ1) is 72.2. The summed E-state index contributed by atoms with van der Waals surface area (Å²) in [7, 11) is 0. The van der Waals surface area contributed by atoms with Crippen molar-refractivity contribution in [3.05, 3.63) is 0 Å². The fourth-order valence-corrected chi connectivity index (χ4v) is 0.684. The normalized spacial score (nSPS) is 6.41. The van der Waals surface area contributed by atoms with E-state index in [0.29, 0.717) is 0 Å². The number of aliphatic carboxylic acids is 3. The van der Waals surface area contributed by atoms with E-state index in [2.05, 4.69) is 0 Å². The van der Waals surface area contributed by atoms with Crippen molar-refractivity contribution in [1.29, 1.82) is 0 Å². The van der Waals surface area contributed by atoms with Crippen LogP contribution in [0.25, 0.3) is 0 Å². The minimum absolute atomic E-state index is 0. The summed E-state index contributed by atoms with van der Waals surface area (Å²) in [6.45, 7) is 0. The maximum Gasteiger partial charge on any atom is 0.114 e. The van der Waals surface area contributed by atoms with E-state index in [4.69, 9.17) is 5.11 Å². The lowest BCUT2D eigenvalue weighted by molar-refractivity contribution is -0.339. The van der Waals surface area contributed by atoms with Crippen LogP contribution in [0, 0.1) is 0 Å². The van der Waals surface area contributed by atoms with E-state index in [-0.39, 0.29) is 49.3 Å². The zero-order valence-corrected chi connectivity index (χ0v) is 10.8. The topological polar surface area (TPSA) is 424 Å². The molecule has 19 N–H and O–H groups in total. The number of carbonyl (C=O) groups excluding carboxylic acids is 3. The first-order valence-corrected chi connectivity index (χ1v) is 3.11. The van der Waals surface area contributed by atoms with Gasteiger partial charge in [-0.25, -0.2) is 0 Å². The molecule has 0 aliphatic carbocycles. The smallest absolute Gasteiger partial charge is 0.114 e. The molecular weight excluding hydrogens is 328 g/mol. The minimum atomic E-state index is -2.97. The van der Waals surface area contributed by atoms with E-state index in [1.165, 1.54) is 0 Å².